The number of halogens is 8. The topological polar surface area (TPSA) is 0 Å². The molecule has 0 aromatic heterocycles. The first-order valence-corrected chi connectivity index (χ1v) is 23.4. The summed E-state index contributed by atoms with van der Waals surface area (Å²) in [6.07, 6.45) is -0.417. The van der Waals surface area contributed by atoms with Crippen molar-refractivity contribution in [2.24, 2.45) is 10.8 Å². The second-order valence-corrected chi connectivity index (χ2v) is 23.1. The molecule has 0 nitrogen and oxygen atoms in total. The molecule has 0 aliphatic heterocycles. The van der Waals surface area contributed by atoms with E-state index in [1.54, 1.807) is 0 Å². The second-order valence-electron chi connectivity index (χ2n) is 21.8. The van der Waals surface area contributed by atoms with Crippen molar-refractivity contribution in [3.05, 3.63) is 170 Å². The Morgan fingerprint density at radius 3 is 1.50 bits per heavy atom. The van der Waals surface area contributed by atoms with Crippen LogP contribution in [0.5, 0.6) is 0 Å². The molecule has 3 aliphatic rings. The van der Waals surface area contributed by atoms with Gasteiger partial charge in [-0.3, -0.25) is 6.08 Å². The fraction of sp³-hybridized carbons (Fsp3) is 0.404. The van der Waals surface area contributed by atoms with Gasteiger partial charge < -0.3 is 24.8 Å². The third-order valence-corrected chi connectivity index (χ3v) is 14.1. The van der Waals surface area contributed by atoms with Crippen LogP contribution in [0, 0.1) is 16.9 Å². The molecule has 0 saturated heterocycles. The average Bonchev–Trinajstić information content (AvgIpc) is 3.94. The van der Waals surface area contributed by atoms with E-state index in [1.165, 1.54) is 91.0 Å². The Hall–Kier alpha value is -3.38. The van der Waals surface area contributed by atoms with E-state index in [2.05, 4.69) is 152 Å². The molecule has 5 aromatic rings. The summed E-state index contributed by atoms with van der Waals surface area (Å²) >= 11 is 0.729. The fourth-order valence-electron chi connectivity index (χ4n) is 8.99. The van der Waals surface area contributed by atoms with Gasteiger partial charge in [-0.1, -0.05) is 132 Å². The summed E-state index contributed by atoms with van der Waals surface area (Å²) in [5.74, 6) is 0. The van der Waals surface area contributed by atoms with Gasteiger partial charge >= 0.3 is 137 Å². The molecule has 0 N–H and O–H groups in total. The maximum atomic E-state index is 12.7. The van der Waals surface area contributed by atoms with E-state index in [0.29, 0.717) is 8.62 Å². The average molecular weight is 1020 g/mol. The first-order chi connectivity index (χ1) is 29.2. The van der Waals surface area contributed by atoms with E-state index >= 15 is 0 Å². The van der Waals surface area contributed by atoms with Gasteiger partial charge in [0.1, 0.15) is 0 Å². The number of fused-ring (bicyclic) bond motifs is 5. The first-order valence-electron chi connectivity index (χ1n) is 22.2. The Kier molecular flexibility index (Phi) is 16.1. The molecular formula is C57H62Cl2F6Zr-2. The molecule has 66 heavy (non-hydrogen) atoms. The van der Waals surface area contributed by atoms with E-state index in [9.17, 15) is 26.3 Å². The van der Waals surface area contributed by atoms with Crippen LogP contribution in [-0.2, 0) is 65.7 Å². The minimum atomic E-state index is -4.49. The van der Waals surface area contributed by atoms with Crippen molar-refractivity contribution in [1.29, 1.82) is 0 Å². The normalized spacial score (nSPS) is 15.5. The van der Waals surface area contributed by atoms with Crippen LogP contribution in [0.25, 0.3) is 22.3 Å². The molecular weight excluding hydrogens is 961 g/mol. The Bertz CT molecular complexity index is 2510. The van der Waals surface area contributed by atoms with Crippen molar-refractivity contribution in [2.45, 2.75) is 138 Å². The van der Waals surface area contributed by atoms with Gasteiger partial charge in [0.25, 0.3) is 0 Å². The Balaban J connectivity index is 0.000000238. The monoisotopic (exact) mass is 1020 g/mol. The molecule has 0 atom stereocenters. The maximum absolute atomic E-state index is 12.7. The number of hydrogen-bond donors (Lipinski definition) is 0. The predicted molar refractivity (Wildman–Crippen MR) is 250 cm³/mol. The number of rotatable bonds is 3. The van der Waals surface area contributed by atoms with Crippen molar-refractivity contribution < 1.29 is 75.4 Å². The third kappa shape index (κ3) is 11.7. The quantitative estimate of drug-likeness (QED) is 0.122. The predicted octanol–water partition coefficient (Wildman–Crippen LogP) is 10.6. The second kappa shape index (κ2) is 19.2. The SMILES string of the molecule is CC(C)(C)C1=[C-]C(C)(C)c2cc3c(cc21)-c1cc2c(cc1C3)C(C)(C)C=C2C(C)(C)C.CCc1cc(C(C)(C)C)c[cH-]1.FC(F)(F)c1cccc([C](=[Zr+2])c2cccc(C(F)(F)F)c2)c1.[Cl-].[Cl-]. The minimum absolute atomic E-state index is 0. The van der Waals surface area contributed by atoms with Crippen LogP contribution in [0.3, 0.4) is 0 Å². The molecule has 0 heterocycles. The standard InChI is InChI=1S/C31H37.C15H8F6.C11H17.2ClH.Zr/c1-28(2,3)26-16-30(7,8)24-12-18-11-19-13-25-23(15-21(19)20(18)14-22(24)26)27(29(4,5)6)17-31(25,9)10;16-14(17,18)12-5-1-3-10(8-12)7-11-4-2-6-13(9-11)15(19,20)21;1-5-9-6-7-10(8-9)11(2,3)4;;;/h12-16H,11H2,1-10H3;1-6,8-9H;6-8H,5H2,1-4H3;2*1H;/q-1;;-1;;;+2/p-2. The van der Waals surface area contributed by atoms with Gasteiger partial charge in [-0.25, -0.2) is 11.6 Å². The number of allylic oxidation sites excluding steroid dienone is 4. The molecule has 0 radical (unpaired) electrons. The number of benzene rings is 4. The van der Waals surface area contributed by atoms with Crippen molar-refractivity contribution >= 4 is 14.4 Å². The van der Waals surface area contributed by atoms with Crippen molar-refractivity contribution in [3.63, 3.8) is 0 Å². The van der Waals surface area contributed by atoms with Crippen molar-refractivity contribution in [3.8, 4) is 11.1 Å². The Labute approximate surface area is 417 Å². The van der Waals surface area contributed by atoms with Crippen LogP contribution in [0.1, 0.15) is 164 Å². The Morgan fingerprint density at radius 2 is 1.09 bits per heavy atom. The molecule has 352 valence electrons. The van der Waals surface area contributed by atoms with Crippen LogP contribution in [-0.4, -0.2) is 3.21 Å². The molecule has 8 rings (SSSR count). The van der Waals surface area contributed by atoms with Crippen LogP contribution < -0.4 is 24.8 Å². The molecule has 3 aliphatic carbocycles. The molecule has 0 amide bonds. The summed E-state index contributed by atoms with van der Waals surface area (Å²) in [6.45, 7) is 32.3. The Morgan fingerprint density at radius 1 is 0.606 bits per heavy atom. The van der Waals surface area contributed by atoms with Gasteiger partial charge in [0.05, 0.1) is 0 Å². The van der Waals surface area contributed by atoms with E-state index in [0.717, 1.165) is 61.3 Å². The molecule has 0 saturated carbocycles. The first kappa shape index (κ1) is 55.2. The largest absolute Gasteiger partial charge is 1.00 e. The van der Waals surface area contributed by atoms with Crippen LogP contribution in [0.15, 0.2) is 97.1 Å². The maximum Gasteiger partial charge on any atom is -1.00 e. The number of alkyl halides is 6. The zero-order valence-corrected chi connectivity index (χ0v) is 44.6. The zero-order chi connectivity index (χ0) is 47.7. The van der Waals surface area contributed by atoms with Gasteiger partial charge in [-0.05, 0) is 62.3 Å². The van der Waals surface area contributed by atoms with Crippen LogP contribution >= 0.6 is 0 Å². The summed E-state index contributed by atoms with van der Waals surface area (Å²) in [7, 11) is 0. The van der Waals surface area contributed by atoms with Crippen LogP contribution in [0.2, 0.25) is 0 Å². The summed E-state index contributed by atoms with van der Waals surface area (Å²) in [6, 6.07) is 25.9. The third-order valence-electron chi connectivity index (χ3n) is 12.6. The van der Waals surface area contributed by atoms with E-state index < -0.39 is 23.5 Å². The van der Waals surface area contributed by atoms with Crippen LogP contribution in [0.4, 0.5) is 26.3 Å². The molecule has 5 aromatic carbocycles. The molecule has 0 spiro atoms. The van der Waals surface area contributed by atoms with Gasteiger partial charge in [-0.15, -0.1) is 11.6 Å². The minimum Gasteiger partial charge on any atom is -1.00 e. The zero-order valence-electron chi connectivity index (χ0n) is 40.7. The van der Waals surface area contributed by atoms with E-state index in [1.807, 2.05) is 0 Å². The van der Waals surface area contributed by atoms with Crippen molar-refractivity contribution in [1.82, 2.24) is 0 Å². The molecule has 9 heteroatoms. The van der Waals surface area contributed by atoms with Crippen molar-refractivity contribution in [2.75, 3.05) is 0 Å². The molecule has 0 unspecified atom stereocenters. The smallest absolute Gasteiger partial charge is 1.00 e. The molecule has 0 bridgehead atoms. The van der Waals surface area contributed by atoms with E-state index in [-0.39, 0.29) is 57.6 Å². The van der Waals surface area contributed by atoms with E-state index in [4.69, 9.17) is 0 Å². The molecule has 0 fully saturated rings. The summed E-state index contributed by atoms with van der Waals surface area (Å²) in [4.78, 5) is 0. The summed E-state index contributed by atoms with van der Waals surface area (Å²) in [5.41, 5.74) is 17.0. The van der Waals surface area contributed by atoms with Gasteiger partial charge in [0, 0.05) is 5.41 Å². The number of aryl methyl sites for hydroxylation is 1. The summed E-state index contributed by atoms with van der Waals surface area (Å²) < 4.78 is 76.7. The summed E-state index contributed by atoms with van der Waals surface area (Å²) in [5, 5.41) is 0. The van der Waals surface area contributed by atoms with Gasteiger partial charge in [-0.2, -0.15) is 28.8 Å². The van der Waals surface area contributed by atoms with Gasteiger partial charge in [0.15, 0.2) is 0 Å². The number of hydrogen-bond acceptors (Lipinski definition) is 0. The fourth-order valence-corrected chi connectivity index (χ4v) is 9.76. The van der Waals surface area contributed by atoms with Gasteiger partial charge in [0.2, 0.25) is 0 Å².